The summed E-state index contributed by atoms with van der Waals surface area (Å²) in [5.41, 5.74) is 2.64. The number of anilines is 1. The van der Waals surface area contributed by atoms with Gasteiger partial charge in [0.1, 0.15) is 5.82 Å². The Morgan fingerprint density at radius 1 is 1.22 bits per heavy atom. The molecule has 0 fully saturated rings. The Balaban J connectivity index is 2.21. The molecule has 1 amide bonds. The molecule has 1 N–H and O–H groups in total. The molecule has 1 heterocycles. The van der Waals surface area contributed by atoms with Gasteiger partial charge >= 0.3 is 0 Å². The molecule has 0 saturated heterocycles. The van der Waals surface area contributed by atoms with Gasteiger partial charge in [-0.1, -0.05) is 28.1 Å². The smallest absolute Gasteiger partial charge is 0.257 e. The fourth-order valence-electron chi connectivity index (χ4n) is 1.56. The molecule has 0 saturated carbocycles. The third kappa shape index (κ3) is 2.96. The lowest BCUT2D eigenvalue weighted by molar-refractivity contribution is 0.102. The number of benzene rings is 1. The van der Waals surface area contributed by atoms with Gasteiger partial charge in [-0.2, -0.15) is 0 Å². The zero-order valence-electron chi connectivity index (χ0n) is 10.2. The highest BCUT2D eigenvalue weighted by atomic mass is 79.9. The van der Waals surface area contributed by atoms with Crippen LogP contribution in [0.15, 0.2) is 41.0 Å². The summed E-state index contributed by atoms with van der Waals surface area (Å²) in [6, 6.07) is 9.33. The van der Waals surface area contributed by atoms with Crippen molar-refractivity contribution in [3.63, 3.8) is 0 Å². The van der Waals surface area contributed by atoms with Crippen LogP contribution < -0.4 is 5.32 Å². The first-order valence-corrected chi connectivity index (χ1v) is 6.36. The number of aromatic nitrogens is 1. The minimum absolute atomic E-state index is 0.148. The number of nitrogens with one attached hydrogen (secondary N) is 1. The highest BCUT2D eigenvalue weighted by Gasteiger charge is 2.10. The molecule has 2 rings (SSSR count). The zero-order valence-corrected chi connectivity index (χ0v) is 11.8. The molecule has 0 aliphatic carbocycles. The van der Waals surface area contributed by atoms with Crippen molar-refractivity contribution in [2.75, 3.05) is 5.32 Å². The molecule has 0 bridgehead atoms. The number of pyridine rings is 1. The fraction of sp³-hybridized carbons (Fsp3) is 0.143. The van der Waals surface area contributed by atoms with E-state index in [-0.39, 0.29) is 5.91 Å². The van der Waals surface area contributed by atoms with Crippen molar-refractivity contribution >= 4 is 27.7 Å². The van der Waals surface area contributed by atoms with Crippen molar-refractivity contribution < 1.29 is 4.79 Å². The Morgan fingerprint density at radius 3 is 2.67 bits per heavy atom. The van der Waals surface area contributed by atoms with Crippen LogP contribution >= 0.6 is 15.9 Å². The second kappa shape index (κ2) is 5.31. The SMILES string of the molecule is Cc1ccc(NC(=O)c2cc(Br)ccc2C)nc1. The summed E-state index contributed by atoms with van der Waals surface area (Å²) in [6.45, 7) is 3.86. The maximum Gasteiger partial charge on any atom is 0.257 e. The first-order valence-electron chi connectivity index (χ1n) is 5.56. The van der Waals surface area contributed by atoms with Crippen LogP contribution in [-0.4, -0.2) is 10.9 Å². The highest BCUT2D eigenvalue weighted by molar-refractivity contribution is 9.10. The largest absolute Gasteiger partial charge is 0.307 e. The summed E-state index contributed by atoms with van der Waals surface area (Å²) in [6.07, 6.45) is 1.73. The number of hydrogen-bond donors (Lipinski definition) is 1. The molecular weight excluding hydrogens is 292 g/mol. The Bertz CT molecular complexity index is 579. The quantitative estimate of drug-likeness (QED) is 0.919. The first-order chi connectivity index (χ1) is 8.56. The number of carbonyl (C=O) groups is 1. The molecule has 4 heteroatoms. The summed E-state index contributed by atoms with van der Waals surface area (Å²) in [4.78, 5) is 16.3. The maximum atomic E-state index is 12.1. The van der Waals surface area contributed by atoms with E-state index >= 15 is 0 Å². The lowest BCUT2D eigenvalue weighted by atomic mass is 10.1. The van der Waals surface area contributed by atoms with E-state index < -0.39 is 0 Å². The Hall–Kier alpha value is -1.68. The molecule has 92 valence electrons. The van der Waals surface area contributed by atoms with E-state index in [1.807, 2.05) is 32.0 Å². The first kappa shape index (κ1) is 12.8. The number of hydrogen-bond acceptors (Lipinski definition) is 2. The van der Waals surface area contributed by atoms with E-state index in [9.17, 15) is 4.79 Å². The molecule has 1 aromatic heterocycles. The van der Waals surface area contributed by atoms with Crippen molar-refractivity contribution in [1.82, 2.24) is 4.98 Å². The van der Waals surface area contributed by atoms with Crippen molar-refractivity contribution in [2.45, 2.75) is 13.8 Å². The normalized spacial score (nSPS) is 10.2. The lowest BCUT2D eigenvalue weighted by Gasteiger charge is -2.07. The molecule has 0 unspecified atom stereocenters. The molecule has 0 aliphatic heterocycles. The van der Waals surface area contributed by atoms with Gasteiger partial charge in [-0.05, 0) is 43.2 Å². The van der Waals surface area contributed by atoms with Crippen molar-refractivity contribution in [3.8, 4) is 0 Å². The van der Waals surface area contributed by atoms with Gasteiger partial charge in [0.25, 0.3) is 5.91 Å². The monoisotopic (exact) mass is 304 g/mol. The van der Waals surface area contributed by atoms with Crippen molar-refractivity contribution in [1.29, 1.82) is 0 Å². The summed E-state index contributed by atoms with van der Waals surface area (Å²) in [5, 5.41) is 2.78. The Kier molecular flexibility index (Phi) is 3.77. The van der Waals surface area contributed by atoms with Gasteiger partial charge in [-0.25, -0.2) is 4.98 Å². The van der Waals surface area contributed by atoms with Gasteiger partial charge in [-0.15, -0.1) is 0 Å². The van der Waals surface area contributed by atoms with Gasteiger partial charge in [-0.3, -0.25) is 4.79 Å². The number of aryl methyl sites for hydroxylation is 2. The van der Waals surface area contributed by atoms with Gasteiger partial charge in [0, 0.05) is 16.2 Å². The molecular formula is C14H13BrN2O. The average Bonchev–Trinajstić information content (AvgIpc) is 2.35. The molecule has 0 spiro atoms. The van der Waals surface area contributed by atoms with Gasteiger partial charge in [0.05, 0.1) is 0 Å². The molecule has 3 nitrogen and oxygen atoms in total. The number of amides is 1. The van der Waals surface area contributed by atoms with Crippen LogP contribution in [0, 0.1) is 13.8 Å². The predicted octanol–water partition coefficient (Wildman–Crippen LogP) is 3.71. The van der Waals surface area contributed by atoms with Crippen LogP contribution in [0.1, 0.15) is 21.5 Å². The van der Waals surface area contributed by atoms with Gasteiger partial charge in [0.15, 0.2) is 0 Å². The second-order valence-corrected chi connectivity index (χ2v) is 5.05. The Morgan fingerprint density at radius 2 is 2.00 bits per heavy atom. The summed E-state index contributed by atoms with van der Waals surface area (Å²) >= 11 is 3.36. The van der Waals surface area contributed by atoms with Crippen LogP contribution in [0.4, 0.5) is 5.82 Å². The highest BCUT2D eigenvalue weighted by Crippen LogP contribution is 2.17. The van der Waals surface area contributed by atoms with Crippen LogP contribution in [0.2, 0.25) is 0 Å². The van der Waals surface area contributed by atoms with Crippen molar-refractivity contribution in [3.05, 3.63) is 57.7 Å². The second-order valence-electron chi connectivity index (χ2n) is 4.13. The van der Waals surface area contributed by atoms with E-state index in [0.717, 1.165) is 15.6 Å². The summed E-state index contributed by atoms with van der Waals surface area (Å²) in [5.74, 6) is 0.412. The summed E-state index contributed by atoms with van der Waals surface area (Å²) < 4.78 is 0.884. The topological polar surface area (TPSA) is 42.0 Å². The molecule has 1 aromatic carbocycles. The fourth-order valence-corrected chi connectivity index (χ4v) is 1.93. The maximum absolute atomic E-state index is 12.1. The van der Waals surface area contributed by atoms with E-state index in [1.165, 1.54) is 0 Å². The molecule has 0 atom stereocenters. The molecule has 2 aromatic rings. The minimum atomic E-state index is -0.148. The zero-order chi connectivity index (χ0) is 13.1. The Labute approximate surface area is 114 Å². The van der Waals surface area contributed by atoms with Crippen LogP contribution in [0.25, 0.3) is 0 Å². The number of nitrogens with zero attached hydrogens (tertiary/aromatic N) is 1. The molecule has 0 aliphatic rings. The number of halogens is 1. The third-order valence-corrected chi connectivity index (χ3v) is 3.09. The van der Waals surface area contributed by atoms with Gasteiger partial charge < -0.3 is 5.32 Å². The third-order valence-electron chi connectivity index (χ3n) is 2.60. The summed E-state index contributed by atoms with van der Waals surface area (Å²) in [7, 11) is 0. The van der Waals surface area contributed by atoms with E-state index in [4.69, 9.17) is 0 Å². The van der Waals surface area contributed by atoms with Crippen LogP contribution in [-0.2, 0) is 0 Å². The van der Waals surface area contributed by atoms with Crippen LogP contribution in [0.3, 0.4) is 0 Å². The van der Waals surface area contributed by atoms with Gasteiger partial charge in [0.2, 0.25) is 0 Å². The van der Waals surface area contributed by atoms with E-state index in [2.05, 4.69) is 26.2 Å². The molecule has 0 radical (unpaired) electrons. The van der Waals surface area contributed by atoms with E-state index in [0.29, 0.717) is 11.4 Å². The average molecular weight is 305 g/mol. The number of rotatable bonds is 2. The van der Waals surface area contributed by atoms with Crippen LogP contribution in [0.5, 0.6) is 0 Å². The van der Waals surface area contributed by atoms with Crippen molar-refractivity contribution in [2.24, 2.45) is 0 Å². The predicted molar refractivity (Wildman–Crippen MR) is 75.8 cm³/mol. The molecule has 18 heavy (non-hydrogen) atoms. The van der Waals surface area contributed by atoms with E-state index in [1.54, 1.807) is 18.3 Å². The minimum Gasteiger partial charge on any atom is -0.307 e. The lowest BCUT2D eigenvalue weighted by Crippen LogP contribution is -2.14. The number of carbonyl (C=O) groups excluding carboxylic acids is 1. The standard InChI is InChI=1S/C14H13BrN2O/c1-9-3-6-13(16-8-9)17-14(18)12-7-11(15)5-4-10(12)2/h3-8H,1-2H3,(H,16,17,18).